The molecule has 1 atom stereocenters. The Bertz CT molecular complexity index is 583. The molecule has 0 saturated heterocycles. The minimum absolute atomic E-state index is 0.183. The highest BCUT2D eigenvalue weighted by molar-refractivity contribution is 7.99. The van der Waals surface area contributed by atoms with E-state index in [0.717, 1.165) is 25.7 Å². The van der Waals surface area contributed by atoms with Crippen molar-refractivity contribution in [2.45, 2.75) is 42.4 Å². The van der Waals surface area contributed by atoms with E-state index in [2.05, 4.69) is 15.3 Å². The van der Waals surface area contributed by atoms with Crippen LogP contribution in [0.3, 0.4) is 0 Å². The Morgan fingerprint density at radius 2 is 2.29 bits per heavy atom. The van der Waals surface area contributed by atoms with Gasteiger partial charge in [0.25, 0.3) is 5.56 Å². The van der Waals surface area contributed by atoms with Crippen molar-refractivity contribution >= 4 is 17.7 Å². The molecule has 0 aromatic carbocycles. The number of ether oxygens (including phenoxy) is 1. The van der Waals surface area contributed by atoms with Crippen molar-refractivity contribution in [3.63, 3.8) is 0 Å². The highest BCUT2D eigenvalue weighted by Crippen LogP contribution is 2.44. The minimum Gasteiger partial charge on any atom is -0.468 e. The third kappa shape index (κ3) is 3.29. The van der Waals surface area contributed by atoms with Crippen molar-refractivity contribution in [2.75, 3.05) is 12.9 Å². The zero-order chi connectivity index (χ0) is 14.9. The highest BCUT2D eigenvalue weighted by Gasteiger charge is 2.53. The monoisotopic (exact) mass is 309 g/mol. The number of H-pyrrole nitrogens is 1. The van der Waals surface area contributed by atoms with Crippen LogP contribution in [0, 0.1) is 5.92 Å². The average molecular weight is 309 g/mol. The summed E-state index contributed by atoms with van der Waals surface area (Å²) in [4.78, 5) is 30.5. The topological polar surface area (TPSA) is 84.1 Å². The van der Waals surface area contributed by atoms with E-state index in [4.69, 9.17) is 4.74 Å². The lowest BCUT2D eigenvalue weighted by Crippen LogP contribution is -2.57. The van der Waals surface area contributed by atoms with Gasteiger partial charge in [-0.05, 0) is 31.6 Å². The van der Waals surface area contributed by atoms with Gasteiger partial charge in [0.1, 0.15) is 5.54 Å². The predicted octanol–water partition coefficient (Wildman–Crippen LogP) is 0.936. The summed E-state index contributed by atoms with van der Waals surface area (Å²) >= 11 is 1.39. The molecule has 114 valence electrons. The molecule has 1 aromatic rings. The number of rotatable bonds is 7. The highest BCUT2D eigenvalue weighted by atomic mass is 32.2. The fraction of sp³-hybridized carbons (Fsp3) is 0.643. The van der Waals surface area contributed by atoms with Crippen molar-refractivity contribution in [1.29, 1.82) is 0 Å². The summed E-state index contributed by atoms with van der Waals surface area (Å²) in [5, 5.41) is 4.02. The second kappa shape index (κ2) is 5.81. The first-order valence-electron chi connectivity index (χ1n) is 7.18. The van der Waals surface area contributed by atoms with Gasteiger partial charge in [0.2, 0.25) is 0 Å². The SMILES string of the molecule is COC(=O)C(CSc1nccc(=O)[nH]1)(NC1CC1)C1CC1. The number of esters is 1. The zero-order valence-corrected chi connectivity index (χ0v) is 12.7. The molecule has 2 fully saturated rings. The Morgan fingerprint density at radius 1 is 1.52 bits per heavy atom. The number of nitrogens with zero attached hydrogens (tertiary/aromatic N) is 1. The second-order valence-electron chi connectivity index (χ2n) is 5.68. The molecule has 0 amide bonds. The van der Waals surface area contributed by atoms with Crippen molar-refractivity contribution in [3.05, 3.63) is 22.6 Å². The molecule has 2 aliphatic carbocycles. The Hall–Kier alpha value is -1.34. The number of carbonyl (C=O) groups is 1. The Morgan fingerprint density at radius 3 is 2.86 bits per heavy atom. The number of nitrogens with one attached hydrogen (secondary N) is 2. The summed E-state index contributed by atoms with van der Waals surface area (Å²) in [6, 6.07) is 1.79. The first-order valence-corrected chi connectivity index (χ1v) is 8.17. The molecule has 0 spiro atoms. The first kappa shape index (κ1) is 14.6. The lowest BCUT2D eigenvalue weighted by Gasteiger charge is -2.32. The van der Waals surface area contributed by atoms with Crippen molar-refractivity contribution in [3.8, 4) is 0 Å². The van der Waals surface area contributed by atoms with Crippen LogP contribution in [0.2, 0.25) is 0 Å². The van der Waals surface area contributed by atoms with Crippen LogP contribution >= 0.6 is 11.8 Å². The molecule has 1 unspecified atom stereocenters. The molecule has 0 aliphatic heterocycles. The normalized spacial score (nSPS) is 20.8. The van der Waals surface area contributed by atoms with E-state index in [9.17, 15) is 9.59 Å². The molecule has 2 aliphatic rings. The fourth-order valence-electron chi connectivity index (χ4n) is 2.52. The Balaban J connectivity index is 1.77. The van der Waals surface area contributed by atoms with Gasteiger partial charge in [-0.25, -0.2) is 4.98 Å². The predicted molar refractivity (Wildman–Crippen MR) is 79.2 cm³/mol. The second-order valence-corrected chi connectivity index (χ2v) is 6.65. The quantitative estimate of drug-likeness (QED) is 0.443. The molecular weight excluding hydrogens is 290 g/mol. The molecule has 0 bridgehead atoms. The van der Waals surface area contributed by atoms with Crippen LogP contribution in [-0.4, -0.2) is 40.4 Å². The molecule has 7 heteroatoms. The Kier molecular flexibility index (Phi) is 4.03. The summed E-state index contributed by atoms with van der Waals surface area (Å²) in [5.74, 6) is 0.629. The van der Waals surface area contributed by atoms with E-state index in [1.54, 1.807) is 0 Å². The van der Waals surface area contributed by atoms with Crippen LogP contribution in [0.25, 0.3) is 0 Å². The van der Waals surface area contributed by atoms with Crippen molar-refractivity contribution in [2.24, 2.45) is 5.92 Å². The maximum atomic E-state index is 12.4. The number of thioether (sulfide) groups is 1. The molecule has 21 heavy (non-hydrogen) atoms. The molecule has 1 heterocycles. The smallest absolute Gasteiger partial charge is 0.327 e. The molecule has 2 saturated carbocycles. The first-order chi connectivity index (χ1) is 10.1. The molecule has 3 rings (SSSR count). The van der Waals surface area contributed by atoms with Crippen LogP contribution < -0.4 is 10.9 Å². The van der Waals surface area contributed by atoms with Crippen LogP contribution in [0.4, 0.5) is 0 Å². The standard InChI is InChI=1S/C14H19N3O3S/c1-20-12(19)14(9-2-3-9,17-10-4-5-10)8-21-13-15-7-6-11(18)16-13/h6-7,9-10,17H,2-5,8H2,1H3,(H,15,16,18). The van der Waals surface area contributed by atoms with E-state index in [0.29, 0.717) is 22.9 Å². The fourth-order valence-corrected chi connectivity index (χ4v) is 3.63. The van der Waals surface area contributed by atoms with Gasteiger partial charge in [-0.2, -0.15) is 0 Å². The summed E-state index contributed by atoms with van der Waals surface area (Å²) in [5.41, 5.74) is -0.840. The number of methoxy groups -OCH3 is 1. The van der Waals surface area contributed by atoms with E-state index in [1.165, 1.54) is 31.1 Å². The molecule has 0 radical (unpaired) electrons. The number of hydrogen-bond donors (Lipinski definition) is 2. The summed E-state index contributed by atoms with van der Waals surface area (Å²) in [7, 11) is 1.43. The average Bonchev–Trinajstić information content (AvgIpc) is 3.36. The molecule has 2 N–H and O–H groups in total. The van der Waals surface area contributed by atoms with Gasteiger partial charge in [-0.1, -0.05) is 11.8 Å². The van der Waals surface area contributed by atoms with Gasteiger partial charge in [0.05, 0.1) is 7.11 Å². The third-order valence-electron chi connectivity index (χ3n) is 3.95. The van der Waals surface area contributed by atoms with Crippen molar-refractivity contribution in [1.82, 2.24) is 15.3 Å². The van der Waals surface area contributed by atoms with Gasteiger partial charge < -0.3 is 9.72 Å². The molecule has 6 nitrogen and oxygen atoms in total. The van der Waals surface area contributed by atoms with E-state index in [-0.39, 0.29) is 11.5 Å². The van der Waals surface area contributed by atoms with Gasteiger partial charge in [-0.15, -0.1) is 0 Å². The minimum atomic E-state index is -0.658. The lowest BCUT2D eigenvalue weighted by atomic mass is 9.95. The lowest BCUT2D eigenvalue weighted by molar-refractivity contribution is -0.148. The summed E-state index contributed by atoms with van der Waals surface area (Å²) in [6.07, 6.45) is 5.77. The van der Waals surface area contributed by atoms with Gasteiger partial charge in [-0.3, -0.25) is 14.9 Å². The van der Waals surface area contributed by atoms with Gasteiger partial charge in [0, 0.05) is 24.1 Å². The summed E-state index contributed by atoms with van der Waals surface area (Å²) in [6.45, 7) is 0. The Labute approximate surface area is 127 Å². The third-order valence-corrected chi connectivity index (χ3v) is 5.03. The van der Waals surface area contributed by atoms with Crippen molar-refractivity contribution < 1.29 is 9.53 Å². The zero-order valence-electron chi connectivity index (χ0n) is 11.9. The number of carbonyl (C=O) groups excluding carboxylic acids is 1. The van der Waals surface area contributed by atoms with E-state index < -0.39 is 5.54 Å². The maximum absolute atomic E-state index is 12.4. The van der Waals surface area contributed by atoms with Crippen LogP contribution in [0.5, 0.6) is 0 Å². The van der Waals surface area contributed by atoms with Crippen LogP contribution in [0.15, 0.2) is 22.2 Å². The number of aromatic nitrogens is 2. The van der Waals surface area contributed by atoms with E-state index in [1.807, 2.05) is 0 Å². The molecular formula is C14H19N3O3S. The summed E-state index contributed by atoms with van der Waals surface area (Å²) < 4.78 is 5.05. The van der Waals surface area contributed by atoms with Gasteiger partial charge in [0.15, 0.2) is 5.16 Å². The molecule has 1 aromatic heterocycles. The van der Waals surface area contributed by atoms with Crippen LogP contribution in [0.1, 0.15) is 25.7 Å². The van der Waals surface area contributed by atoms with Gasteiger partial charge >= 0.3 is 5.97 Å². The number of hydrogen-bond acceptors (Lipinski definition) is 6. The number of aromatic amines is 1. The maximum Gasteiger partial charge on any atom is 0.327 e. The largest absolute Gasteiger partial charge is 0.468 e. The van der Waals surface area contributed by atoms with E-state index >= 15 is 0 Å². The van der Waals surface area contributed by atoms with Crippen LogP contribution in [-0.2, 0) is 9.53 Å².